The molecule has 4 rings (SSSR count). The highest BCUT2D eigenvalue weighted by molar-refractivity contribution is 7.91. The molecule has 0 aromatic carbocycles. The molecule has 1 aliphatic heterocycles. The number of aromatic nitrogens is 2. The van der Waals surface area contributed by atoms with Crippen LogP contribution in [-0.4, -0.2) is 65.4 Å². The van der Waals surface area contributed by atoms with Crippen LogP contribution in [0.25, 0.3) is 0 Å². The maximum absolute atomic E-state index is 13.2. The number of hydrogen-bond donors (Lipinski definition) is 0. The van der Waals surface area contributed by atoms with Crippen LogP contribution in [0.15, 0.2) is 42.9 Å². The first kappa shape index (κ1) is 23.2. The second kappa shape index (κ2) is 10.3. The van der Waals surface area contributed by atoms with Crippen molar-refractivity contribution < 1.29 is 27.5 Å². The first-order valence-corrected chi connectivity index (χ1v) is 13.0. The Labute approximate surface area is 193 Å². The Hall–Kier alpha value is -3.01. The molecule has 1 atom stereocenters. The lowest BCUT2D eigenvalue weighted by molar-refractivity contribution is -0.140. The van der Waals surface area contributed by atoms with Crippen LogP contribution in [0.3, 0.4) is 0 Å². The molecular weight excluding hydrogens is 446 g/mol. The minimum Gasteiger partial charge on any atom is -0.452 e. The average Bonchev–Trinajstić information content (AvgIpc) is 3.18. The van der Waals surface area contributed by atoms with Gasteiger partial charge in [0.25, 0.3) is 5.91 Å². The van der Waals surface area contributed by atoms with E-state index in [0.29, 0.717) is 12.2 Å². The van der Waals surface area contributed by atoms with Gasteiger partial charge in [-0.1, -0.05) is 19.3 Å². The molecule has 2 aromatic heterocycles. The molecule has 2 fully saturated rings. The Morgan fingerprint density at radius 3 is 2.52 bits per heavy atom. The number of nitrogens with zero attached hydrogens (tertiary/aromatic N) is 3. The van der Waals surface area contributed by atoms with Gasteiger partial charge in [0.15, 0.2) is 16.4 Å². The third kappa shape index (κ3) is 5.87. The van der Waals surface area contributed by atoms with Gasteiger partial charge in [0, 0.05) is 24.5 Å². The summed E-state index contributed by atoms with van der Waals surface area (Å²) in [7, 11) is -3.15. The second-order valence-electron chi connectivity index (χ2n) is 8.37. The van der Waals surface area contributed by atoms with Gasteiger partial charge in [-0.05, 0) is 43.5 Å². The van der Waals surface area contributed by atoms with Crippen molar-refractivity contribution in [3.63, 3.8) is 0 Å². The number of carbonyl (C=O) groups excluding carboxylic acids is 2. The number of amides is 1. The van der Waals surface area contributed by atoms with Crippen LogP contribution in [0, 0.1) is 0 Å². The predicted molar refractivity (Wildman–Crippen MR) is 120 cm³/mol. The molecule has 1 amide bonds. The van der Waals surface area contributed by atoms with Gasteiger partial charge < -0.3 is 14.4 Å². The van der Waals surface area contributed by atoms with Gasteiger partial charge in [-0.2, -0.15) is 0 Å². The Morgan fingerprint density at radius 2 is 1.82 bits per heavy atom. The zero-order valence-corrected chi connectivity index (χ0v) is 19.1. The van der Waals surface area contributed by atoms with Crippen LogP contribution in [0.2, 0.25) is 0 Å². The van der Waals surface area contributed by atoms with Crippen molar-refractivity contribution in [2.75, 3.05) is 18.1 Å². The Balaban J connectivity index is 1.45. The number of pyridine rings is 2. The fourth-order valence-corrected chi connectivity index (χ4v) is 6.20. The highest BCUT2D eigenvalue weighted by Crippen LogP contribution is 2.29. The van der Waals surface area contributed by atoms with Gasteiger partial charge in [0.2, 0.25) is 5.88 Å². The van der Waals surface area contributed by atoms with Crippen LogP contribution in [0.1, 0.15) is 48.9 Å². The molecule has 0 radical (unpaired) electrons. The number of hydrogen-bond acceptors (Lipinski definition) is 8. The summed E-state index contributed by atoms with van der Waals surface area (Å²) in [6.45, 7) is -0.465. The summed E-state index contributed by atoms with van der Waals surface area (Å²) in [6.07, 6.45) is 9.77. The Morgan fingerprint density at radius 1 is 1.03 bits per heavy atom. The average molecular weight is 474 g/mol. The van der Waals surface area contributed by atoms with E-state index in [2.05, 4.69) is 9.97 Å². The van der Waals surface area contributed by atoms with Crippen molar-refractivity contribution in [3.8, 4) is 11.6 Å². The van der Waals surface area contributed by atoms with Crippen LogP contribution < -0.4 is 4.74 Å². The number of rotatable bonds is 7. The van der Waals surface area contributed by atoms with Gasteiger partial charge in [-0.3, -0.25) is 9.78 Å². The zero-order valence-electron chi connectivity index (χ0n) is 18.3. The molecule has 1 saturated carbocycles. The fourth-order valence-electron chi connectivity index (χ4n) is 4.49. The summed E-state index contributed by atoms with van der Waals surface area (Å²) in [5, 5.41) is 0. The highest BCUT2D eigenvalue weighted by atomic mass is 32.2. The molecule has 2 aliphatic rings. The number of sulfone groups is 1. The molecule has 9 nitrogen and oxygen atoms in total. The van der Waals surface area contributed by atoms with Crippen molar-refractivity contribution in [1.82, 2.24) is 14.9 Å². The minimum absolute atomic E-state index is 0.0221. The van der Waals surface area contributed by atoms with E-state index in [1.54, 1.807) is 29.3 Å². The van der Waals surface area contributed by atoms with Gasteiger partial charge in [0.1, 0.15) is 11.3 Å². The summed E-state index contributed by atoms with van der Waals surface area (Å²) in [5.74, 6) is -0.594. The third-order valence-corrected chi connectivity index (χ3v) is 7.77. The quantitative estimate of drug-likeness (QED) is 0.564. The molecule has 3 heterocycles. The normalized spacial score (nSPS) is 20.2. The van der Waals surface area contributed by atoms with E-state index in [1.165, 1.54) is 18.5 Å². The summed E-state index contributed by atoms with van der Waals surface area (Å²) in [5.41, 5.74) is 0.0850. The first-order valence-electron chi connectivity index (χ1n) is 11.1. The van der Waals surface area contributed by atoms with Crippen molar-refractivity contribution in [3.05, 3.63) is 48.4 Å². The molecule has 0 spiro atoms. The monoisotopic (exact) mass is 473 g/mol. The molecular formula is C23H27N3O6S. The third-order valence-electron chi connectivity index (χ3n) is 6.02. The summed E-state index contributed by atoms with van der Waals surface area (Å²) < 4.78 is 35.1. The molecule has 0 bridgehead atoms. The van der Waals surface area contributed by atoms with Gasteiger partial charge >= 0.3 is 5.97 Å². The van der Waals surface area contributed by atoms with E-state index in [0.717, 1.165) is 32.1 Å². The van der Waals surface area contributed by atoms with Crippen molar-refractivity contribution in [2.45, 2.75) is 50.6 Å². The summed E-state index contributed by atoms with van der Waals surface area (Å²) >= 11 is 0. The SMILES string of the molecule is O=C(OCC(=O)N(C1CCCCC1)C1CCS(=O)(=O)C1)c1cccnc1Oc1cccnc1. The van der Waals surface area contributed by atoms with Crippen LogP contribution in [-0.2, 0) is 19.4 Å². The van der Waals surface area contributed by atoms with Crippen LogP contribution in [0.4, 0.5) is 0 Å². The predicted octanol–water partition coefficient (Wildman–Crippen LogP) is 2.77. The first-order chi connectivity index (χ1) is 15.9. The van der Waals surface area contributed by atoms with E-state index >= 15 is 0 Å². The number of carbonyl (C=O) groups is 2. The molecule has 10 heteroatoms. The topological polar surface area (TPSA) is 116 Å². The molecule has 1 saturated heterocycles. The molecule has 176 valence electrons. The van der Waals surface area contributed by atoms with Gasteiger partial charge in [-0.15, -0.1) is 0 Å². The van der Waals surface area contributed by atoms with Gasteiger partial charge in [0.05, 0.1) is 17.7 Å². The highest BCUT2D eigenvalue weighted by Gasteiger charge is 2.38. The number of esters is 1. The summed E-state index contributed by atoms with van der Waals surface area (Å²) in [4.78, 5) is 35.6. The largest absolute Gasteiger partial charge is 0.452 e. The minimum atomic E-state index is -3.15. The van der Waals surface area contributed by atoms with E-state index in [9.17, 15) is 18.0 Å². The van der Waals surface area contributed by atoms with E-state index in [-0.39, 0.29) is 40.9 Å². The van der Waals surface area contributed by atoms with Crippen LogP contribution in [0.5, 0.6) is 11.6 Å². The molecule has 0 N–H and O–H groups in total. The van der Waals surface area contributed by atoms with Crippen molar-refractivity contribution in [1.29, 1.82) is 0 Å². The van der Waals surface area contributed by atoms with E-state index in [4.69, 9.17) is 9.47 Å². The van der Waals surface area contributed by atoms with Gasteiger partial charge in [-0.25, -0.2) is 18.2 Å². The fraction of sp³-hybridized carbons (Fsp3) is 0.478. The van der Waals surface area contributed by atoms with E-state index < -0.39 is 22.4 Å². The van der Waals surface area contributed by atoms with E-state index in [1.807, 2.05) is 0 Å². The number of ether oxygens (including phenoxy) is 2. The molecule has 33 heavy (non-hydrogen) atoms. The van der Waals surface area contributed by atoms with Crippen LogP contribution >= 0.6 is 0 Å². The molecule has 1 unspecified atom stereocenters. The Kier molecular flexibility index (Phi) is 7.22. The Bertz CT molecular complexity index is 1090. The standard InChI is InChI=1S/C23H27N3O6S/c27-21(26(17-6-2-1-3-7-17)18-10-13-33(29,30)16-18)15-31-23(28)20-9-5-12-25-22(20)32-19-8-4-11-24-14-19/h4-5,8-9,11-12,14,17-18H,1-3,6-7,10,13,15-16H2. The van der Waals surface area contributed by atoms with Crippen molar-refractivity contribution in [2.24, 2.45) is 0 Å². The lowest BCUT2D eigenvalue weighted by atomic mass is 9.93. The second-order valence-corrected chi connectivity index (χ2v) is 10.6. The molecule has 1 aliphatic carbocycles. The maximum atomic E-state index is 13.2. The summed E-state index contributed by atoms with van der Waals surface area (Å²) in [6, 6.07) is 6.06. The zero-order chi connectivity index (χ0) is 23.3. The lowest BCUT2D eigenvalue weighted by Gasteiger charge is -2.38. The van der Waals surface area contributed by atoms with Crippen molar-refractivity contribution >= 4 is 21.7 Å². The lowest BCUT2D eigenvalue weighted by Crippen LogP contribution is -2.50. The maximum Gasteiger partial charge on any atom is 0.344 e. The smallest absolute Gasteiger partial charge is 0.344 e. The molecule has 2 aromatic rings.